The summed E-state index contributed by atoms with van der Waals surface area (Å²) < 4.78 is 4.13. The van der Waals surface area contributed by atoms with Crippen molar-refractivity contribution in [3.8, 4) is 0 Å². The van der Waals surface area contributed by atoms with Gasteiger partial charge in [0.05, 0.1) is 5.69 Å². The fraction of sp³-hybridized carbons (Fsp3) is 0.571. The number of aliphatic hydroxyl groups is 1. The van der Waals surface area contributed by atoms with E-state index in [1.165, 1.54) is 11.5 Å². The molecule has 0 fully saturated rings. The maximum atomic E-state index is 8.71. The van der Waals surface area contributed by atoms with E-state index >= 15 is 0 Å². The molecule has 10 heavy (non-hydrogen) atoms. The summed E-state index contributed by atoms with van der Waals surface area (Å²) in [4.78, 5) is 0. The molecule has 1 N–H and O–H groups in total. The quantitative estimate of drug-likeness (QED) is 0.717. The van der Waals surface area contributed by atoms with Gasteiger partial charge in [0.2, 0.25) is 0 Å². The van der Waals surface area contributed by atoms with E-state index in [2.05, 4.69) is 4.37 Å². The molecule has 1 rings (SSSR count). The Hall–Kier alpha value is -0.410. The van der Waals surface area contributed by atoms with Crippen LogP contribution in [-0.4, -0.2) is 16.1 Å². The Morgan fingerprint density at radius 1 is 1.80 bits per heavy atom. The number of hydrogen-bond donors (Lipinski definition) is 1. The van der Waals surface area contributed by atoms with Crippen molar-refractivity contribution in [1.82, 2.24) is 4.37 Å². The Labute approximate surface area is 64.7 Å². The highest BCUT2D eigenvalue weighted by Crippen LogP contribution is 2.06. The minimum Gasteiger partial charge on any atom is -0.396 e. The summed E-state index contributed by atoms with van der Waals surface area (Å²) in [6, 6.07) is 2.00. The summed E-state index contributed by atoms with van der Waals surface area (Å²) in [5.41, 5.74) is 1.09. The van der Waals surface area contributed by atoms with Gasteiger partial charge in [-0.15, -0.1) is 0 Å². The first-order valence-corrected chi connectivity index (χ1v) is 4.16. The molecule has 0 aliphatic heterocycles. The molecule has 56 valence electrons. The molecule has 0 aliphatic carbocycles. The average Bonchev–Trinajstić information content (AvgIpc) is 2.40. The topological polar surface area (TPSA) is 33.1 Å². The molecule has 0 saturated heterocycles. The molecule has 0 saturated carbocycles. The Morgan fingerprint density at radius 3 is 3.10 bits per heavy atom. The van der Waals surface area contributed by atoms with E-state index in [9.17, 15) is 0 Å². The number of aromatic nitrogens is 1. The minimum atomic E-state index is 0.248. The first-order chi connectivity index (χ1) is 4.83. The normalized spacial score (nSPS) is 13.4. The Morgan fingerprint density at radius 2 is 2.60 bits per heavy atom. The van der Waals surface area contributed by atoms with E-state index in [1.807, 2.05) is 18.4 Å². The van der Waals surface area contributed by atoms with Crippen LogP contribution in [-0.2, 0) is 6.42 Å². The molecule has 0 spiro atoms. The van der Waals surface area contributed by atoms with Crippen LogP contribution in [0.25, 0.3) is 0 Å². The Bertz CT molecular complexity index is 174. The van der Waals surface area contributed by atoms with Gasteiger partial charge in [0, 0.05) is 12.0 Å². The van der Waals surface area contributed by atoms with Crippen LogP contribution >= 0.6 is 11.5 Å². The number of rotatable bonds is 3. The summed E-state index contributed by atoms with van der Waals surface area (Å²) in [6.45, 7) is 2.26. The number of aliphatic hydroxyl groups excluding tert-OH is 1. The van der Waals surface area contributed by atoms with Gasteiger partial charge in [0.1, 0.15) is 0 Å². The first kappa shape index (κ1) is 7.69. The fourth-order valence-corrected chi connectivity index (χ4v) is 1.31. The third kappa shape index (κ3) is 2.08. The van der Waals surface area contributed by atoms with E-state index in [1.54, 1.807) is 0 Å². The highest BCUT2D eigenvalue weighted by atomic mass is 32.1. The van der Waals surface area contributed by atoms with E-state index in [0.29, 0.717) is 5.92 Å². The van der Waals surface area contributed by atoms with Crippen LogP contribution < -0.4 is 0 Å². The second kappa shape index (κ2) is 3.68. The van der Waals surface area contributed by atoms with E-state index < -0.39 is 0 Å². The first-order valence-electron chi connectivity index (χ1n) is 3.33. The van der Waals surface area contributed by atoms with Crippen LogP contribution in [0.15, 0.2) is 11.4 Å². The molecule has 0 aliphatic rings. The van der Waals surface area contributed by atoms with Crippen molar-refractivity contribution in [1.29, 1.82) is 0 Å². The zero-order valence-corrected chi connectivity index (χ0v) is 6.77. The van der Waals surface area contributed by atoms with Crippen molar-refractivity contribution in [2.24, 2.45) is 5.92 Å². The monoisotopic (exact) mass is 157 g/mol. The van der Waals surface area contributed by atoms with Gasteiger partial charge in [0.15, 0.2) is 0 Å². The molecule has 1 aromatic rings. The third-order valence-corrected chi connectivity index (χ3v) is 1.96. The lowest BCUT2D eigenvalue weighted by molar-refractivity contribution is 0.236. The van der Waals surface area contributed by atoms with Gasteiger partial charge >= 0.3 is 0 Å². The molecule has 0 aromatic carbocycles. The van der Waals surface area contributed by atoms with Crippen LogP contribution in [0, 0.1) is 5.92 Å². The number of nitrogens with zero attached hydrogens (tertiary/aromatic N) is 1. The SMILES string of the molecule is CC(CO)Cc1ccsn1. The Balaban J connectivity index is 2.40. The second-order valence-electron chi connectivity index (χ2n) is 2.48. The lowest BCUT2D eigenvalue weighted by Gasteiger charge is -2.02. The minimum absolute atomic E-state index is 0.248. The maximum Gasteiger partial charge on any atom is 0.0545 e. The molecule has 3 heteroatoms. The average molecular weight is 157 g/mol. The van der Waals surface area contributed by atoms with Crippen LogP contribution in [0.3, 0.4) is 0 Å². The van der Waals surface area contributed by atoms with Gasteiger partial charge in [-0.3, -0.25) is 0 Å². The van der Waals surface area contributed by atoms with Crippen LogP contribution in [0.2, 0.25) is 0 Å². The van der Waals surface area contributed by atoms with E-state index in [4.69, 9.17) is 5.11 Å². The lowest BCUT2D eigenvalue weighted by Crippen LogP contribution is -2.04. The largest absolute Gasteiger partial charge is 0.396 e. The maximum absolute atomic E-state index is 8.71. The van der Waals surface area contributed by atoms with Crippen LogP contribution in [0.4, 0.5) is 0 Å². The van der Waals surface area contributed by atoms with Crippen LogP contribution in [0.1, 0.15) is 12.6 Å². The molecule has 1 heterocycles. The standard InChI is InChI=1S/C7H11NOS/c1-6(5-9)4-7-2-3-10-8-7/h2-3,6,9H,4-5H2,1H3. The van der Waals surface area contributed by atoms with Crippen molar-refractivity contribution < 1.29 is 5.11 Å². The van der Waals surface area contributed by atoms with Gasteiger partial charge in [-0.25, -0.2) is 0 Å². The second-order valence-corrected chi connectivity index (χ2v) is 3.15. The van der Waals surface area contributed by atoms with Crippen molar-refractivity contribution in [2.75, 3.05) is 6.61 Å². The smallest absolute Gasteiger partial charge is 0.0545 e. The molecular weight excluding hydrogens is 146 g/mol. The molecule has 0 radical (unpaired) electrons. The highest BCUT2D eigenvalue weighted by Gasteiger charge is 2.02. The molecule has 2 nitrogen and oxygen atoms in total. The molecular formula is C7H11NOS. The van der Waals surface area contributed by atoms with Gasteiger partial charge in [0.25, 0.3) is 0 Å². The fourth-order valence-electron chi connectivity index (χ4n) is 0.764. The lowest BCUT2D eigenvalue weighted by atomic mass is 10.1. The third-order valence-electron chi connectivity index (χ3n) is 1.36. The molecule has 0 amide bonds. The molecule has 1 unspecified atom stereocenters. The summed E-state index contributed by atoms with van der Waals surface area (Å²) in [5.74, 6) is 0.335. The summed E-state index contributed by atoms with van der Waals surface area (Å²) in [6.07, 6.45) is 0.889. The zero-order valence-electron chi connectivity index (χ0n) is 5.95. The zero-order chi connectivity index (χ0) is 7.40. The van der Waals surface area contributed by atoms with Gasteiger partial charge in [-0.05, 0) is 29.9 Å². The summed E-state index contributed by atoms with van der Waals surface area (Å²) in [5, 5.41) is 10.7. The molecule has 1 atom stereocenters. The predicted molar refractivity (Wildman–Crippen MR) is 42.1 cm³/mol. The van der Waals surface area contributed by atoms with Crippen molar-refractivity contribution in [2.45, 2.75) is 13.3 Å². The van der Waals surface area contributed by atoms with Crippen molar-refractivity contribution in [3.63, 3.8) is 0 Å². The van der Waals surface area contributed by atoms with Crippen LogP contribution in [0.5, 0.6) is 0 Å². The van der Waals surface area contributed by atoms with Gasteiger partial charge in [-0.1, -0.05) is 6.92 Å². The van der Waals surface area contributed by atoms with Crippen molar-refractivity contribution >= 4 is 11.5 Å². The summed E-state index contributed by atoms with van der Waals surface area (Å²) >= 11 is 1.46. The van der Waals surface area contributed by atoms with E-state index in [-0.39, 0.29) is 6.61 Å². The Kier molecular flexibility index (Phi) is 2.83. The predicted octanol–water partition coefficient (Wildman–Crippen LogP) is 1.31. The van der Waals surface area contributed by atoms with E-state index in [0.717, 1.165) is 12.1 Å². The number of hydrogen-bond acceptors (Lipinski definition) is 3. The van der Waals surface area contributed by atoms with Gasteiger partial charge < -0.3 is 5.11 Å². The van der Waals surface area contributed by atoms with Gasteiger partial charge in [-0.2, -0.15) is 4.37 Å². The summed E-state index contributed by atoms with van der Waals surface area (Å²) in [7, 11) is 0. The molecule has 1 aromatic heterocycles. The molecule has 0 bridgehead atoms. The highest BCUT2D eigenvalue weighted by molar-refractivity contribution is 7.03. The van der Waals surface area contributed by atoms with Crippen molar-refractivity contribution in [3.05, 3.63) is 17.1 Å².